The second-order valence-electron chi connectivity index (χ2n) is 5.77. The molecule has 1 aliphatic rings. The van der Waals surface area contributed by atoms with E-state index in [2.05, 4.69) is 40.7 Å². The maximum absolute atomic E-state index is 3.72. The molecule has 1 aliphatic carbocycles. The molecule has 123 valence electrons. The third-order valence-electron chi connectivity index (χ3n) is 3.92. The van der Waals surface area contributed by atoms with Crippen LogP contribution >= 0.6 is 0 Å². The van der Waals surface area contributed by atoms with Gasteiger partial charge in [0.15, 0.2) is 0 Å². The minimum Gasteiger partial charge on any atom is -0.271 e. The molecule has 0 spiro atoms. The van der Waals surface area contributed by atoms with Gasteiger partial charge in [-0.05, 0) is 10.2 Å². The van der Waals surface area contributed by atoms with Gasteiger partial charge in [-0.3, -0.25) is 6.08 Å². The van der Waals surface area contributed by atoms with Crippen molar-refractivity contribution in [3.05, 3.63) is 108 Å². The minimum absolute atomic E-state index is 0. The van der Waals surface area contributed by atoms with Crippen LogP contribution in [0.4, 0.5) is 0 Å². The summed E-state index contributed by atoms with van der Waals surface area (Å²) in [6.07, 6.45) is 3.42. The molecule has 0 bridgehead atoms. The third kappa shape index (κ3) is 8.57. The zero-order valence-corrected chi connectivity index (χ0v) is 19.7. The van der Waals surface area contributed by atoms with Gasteiger partial charge < -0.3 is 0 Å². The molecule has 0 aliphatic heterocycles. The van der Waals surface area contributed by atoms with Gasteiger partial charge in [-0.2, -0.15) is 54.8 Å². The zero-order chi connectivity index (χ0) is 17.2. The first kappa shape index (κ1) is 22.8. The molecule has 0 N–H and O–H groups in total. The largest absolute Gasteiger partial charge is 3.00 e. The Morgan fingerprint density at radius 2 is 1.21 bits per heavy atom. The summed E-state index contributed by atoms with van der Waals surface area (Å²) in [6.45, 7) is 14.1. The van der Waals surface area contributed by atoms with Crippen LogP contribution in [0.25, 0.3) is 0 Å². The van der Waals surface area contributed by atoms with Crippen molar-refractivity contribution in [1.82, 2.24) is 0 Å². The average Bonchev–Trinajstić information content (AvgIpc) is 2.76. The van der Waals surface area contributed by atoms with Crippen molar-refractivity contribution >= 4 is 10.2 Å². The molecule has 2 heteroatoms. The molecule has 1 atom stereocenters. The third-order valence-corrected chi connectivity index (χ3v) is 4.96. The Morgan fingerprint density at radius 3 is 1.33 bits per heavy atom. The predicted octanol–water partition coefficient (Wildman–Crippen LogP) is 4.76. The number of rotatable bonds is 0. The van der Waals surface area contributed by atoms with Crippen molar-refractivity contribution < 1.29 is 26.2 Å². The van der Waals surface area contributed by atoms with E-state index in [0.29, 0.717) is 5.92 Å². The summed E-state index contributed by atoms with van der Waals surface area (Å²) in [4.78, 5) is 0. The molecule has 24 heavy (non-hydrogen) atoms. The van der Waals surface area contributed by atoms with Crippen LogP contribution in [0.2, 0.25) is 0 Å². The van der Waals surface area contributed by atoms with E-state index in [-0.39, 0.29) is 26.2 Å². The molecule has 0 aromatic heterocycles. The van der Waals surface area contributed by atoms with Gasteiger partial charge in [0, 0.05) is 0 Å². The van der Waals surface area contributed by atoms with E-state index < -0.39 is 0 Å². The van der Waals surface area contributed by atoms with Gasteiger partial charge in [-0.25, -0.2) is 10.8 Å². The van der Waals surface area contributed by atoms with Crippen LogP contribution in [-0.2, 0) is 26.2 Å². The van der Waals surface area contributed by atoms with E-state index in [1.54, 1.807) is 0 Å². The molecule has 1 unspecified atom stereocenters. The quantitative estimate of drug-likeness (QED) is 0.434. The fraction of sp³-hybridized carbons (Fsp3) is 0.182. The predicted molar refractivity (Wildman–Crippen MR) is 106 cm³/mol. The average molecular weight is 411 g/mol. The smallest absolute Gasteiger partial charge is 0.271 e. The van der Waals surface area contributed by atoms with Crippen LogP contribution in [0.1, 0.15) is 31.9 Å². The van der Waals surface area contributed by atoms with E-state index >= 15 is 0 Å². The first-order valence-electron chi connectivity index (χ1n) is 7.93. The Kier molecular flexibility index (Phi) is 11.5. The summed E-state index contributed by atoms with van der Waals surface area (Å²) in [5.74, 6) is 0.595. The molecular formula is C22H27SiZr. The summed E-state index contributed by atoms with van der Waals surface area (Å²) in [7, 11) is 1.16. The maximum atomic E-state index is 3.72. The van der Waals surface area contributed by atoms with Crippen LogP contribution in [-0.4, -0.2) is 10.2 Å². The fourth-order valence-corrected chi connectivity index (χ4v) is 2.95. The Morgan fingerprint density at radius 1 is 0.833 bits per heavy atom. The number of benzene rings is 2. The normalized spacial score (nSPS) is 15.3. The van der Waals surface area contributed by atoms with Gasteiger partial charge in [0.05, 0.1) is 0 Å². The Hall–Kier alpha value is -1.24. The van der Waals surface area contributed by atoms with Crippen LogP contribution in [0.15, 0.2) is 77.0 Å². The van der Waals surface area contributed by atoms with E-state index in [0.717, 1.165) is 21.4 Å². The molecule has 1 radical (unpaired) electrons. The summed E-state index contributed by atoms with van der Waals surface area (Å²) in [5, 5.41) is 1.47. The van der Waals surface area contributed by atoms with Crippen molar-refractivity contribution in [1.29, 1.82) is 0 Å². The van der Waals surface area contributed by atoms with E-state index in [1.807, 2.05) is 60.7 Å². The van der Waals surface area contributed by atoms with Crippen LogP contribution < -0.4 is 0 Å². The van der Waals surface area contributed by atoms with Gasteiger partial charge in [0.25, 0.3) is 0 Å². The Balaban J connectivity index is 0.000000327. The van der Waals surface area contributed by atoms with Crippen molar-refractivity contribution in [2.24, 2.45) is 5.92 Å². The molecule has 0 nitrogen and oxygen atoms in total. The van der Waals surface area contributed by atoms with Crippen molar-refractivity contribution in [3.8, 4) is 0 Å². The first-order valence-corrected chi connectivity index (χ1v) is 8.93. The van der Waals surface area contributed by atoms with E-state index in [9.17, 15) is 0 Å². The molecule has 0 saturated heterocycles. The van der Waals surface area contributed by atoms with Gasteiger partial charge in [0.1, 0.15) is 0 Å². The van der Waals surface area contributed by atoms with E-state index in [4.69, 9.17) is 0 Å². The second-order valence-corrected chi connectivity index (χ2v) is 6.77. The molecular weight excluding hydrogens is 384 g/mol. The van der Waals surface area contributed by atoms with Crippen molar-refractivity contribution in [2.75, 3.05) is 0 Å². The molecule has 3 rings (SSSR count). The van der Waals surface area contributed by atoms with E-state index in [1.165, 1.54) is 16.3 Å². The van der Waals surface area contributed by atoms with Crippen molar-refractivity contribution in [2.45, 2.75) is 20.8 Å². The summed E-state index contributed by atoms with van der Waals surface area (Å²) in [5.41, 5.74) is 5.15. The summed E-state index contributed by atoms with van der Waals surface area (Å²) in [6, 6.07) is 19.7. The SMILES string of the molecule is CC1=C(C)C(C)[C-]=C1[SiH3].[CH2-]c1ccccc1.[CH2-]c1ccccc1.[Zr+3]. The standard InChI is InChI=1S/C8H13Si.2C7H7.Zr/c1-5-4-8(9)7(3)6(5)2;2*1-7-5-3-2-4-6-7;/h5H,1-3,9H3;2*2-6H,1H2;/q3*-1;+3. The molecule has 2 aromatic carbocycles. The van der Waals surface area contributed by atoms with Gasteiger partial charge in [-0.15, -0.1) is 31.2 Å². The van der Waals surface area contributed by atoms with Crippen molar-refractivity contribution in [3.63, 3.8) is 0 Å². The van der Waals surface area contributed by atoms with Gasteiger partial charge in [0.2, 0.25) is 0 Å². The van der Waals surface area contributed by atoms with Gasteiger partial charge in [-0.1, -0.05) is 31.9 Å². The van der Waals surface area contributed by atoms with Crippen LogP contribution in [0, 0.1) is 25.8 Å². The minimum atomic E-state index is 0. The number of hydrogen-bond acceptors (Lipinski definition) is 0. The Labute approximate surface area is 170 Å². The number of allylic oxidation sites excluding steroid dienone is 4. The Bertz CT molecular complexity index is 605. The summed E-state index contributed by atoms with van der Waals surface area (Å²) >= 11 is 0. The monoisotopic (exact) mass is 409 g/mol. The van der Waals surface area contributed by atoms with Crippen LogP contribution in [0.3, 0.4) is 0 Å². The molecule has 0 amide bonds. The fourth-order valence-electron chi connectivity index (χ4n) is 2.12. The second kappa shape index (κ2) is 12.2. The molecule has 0 heterocycles. The summed E-state index contributed by atoms with van der Waals surface area (Å²) < 4.78 is 0. The molecule has 2 aromatic rings. The first-order chi connectivity index (χ1) is 10.9. The molecule has 0 fully saturated rings. The zero-order valence-electron chi connectivity index (χ0n) is 15.3. The maximum Gasteiger partial charge on any atom is 3.00 e. The topological polar surface area (TPSA) is 0 Å². The van der Waals surface area contributed by atoms with Gasteiger partial charge >= 0.3 is 26.2 Å². The molecule has 0 saturated carbocycles. The van der Waals surface area contributed by atoms with Crippen LogP contribution in [0.5, 0.6) is 0 Å². The number of hydrogen-bond donors (Lipinski definition) is 0.